The van der Waals surface area contributed by atoms with E-state index in [0.717, 1.165) is 33.5 Å². The summed E-state index contributed by atoms with van der Waals surface area (Å²) in [7, 11) is 0. The van der Waals surface area contributed by atoms with Gasteiger partial charge < -0.3 is 8.98 Å². The normalized spacial score (nSPS) is 11.6. The van der Waals surface area contributed by atoms with Crippen molar-refractivity contribution in [2.45, 2.75) is 0 Å². The third kappa shape index (κ3) is 3.94. The first-order valence-corrected chi connectivity index (χ1v) is 14.9. The molecule has 0 aliphatic carbocycles. The molecule has 206 valence electrons. The van der Waals surface area contributed by atoms with Gasteiger partial charge in [0.15, 0.2) is 5.58 Å². The van der Waals surface area contributed by atoms with Crippen molar-refractivity contribution in [3.05, 3.63) is 158 Å². The minimum atomic E-state index is 0.628. The molecule has 0 fully saturated rings. The fourth-order valence-electron chi connectivity index (χ4n) is 6.50. The average Bonchev–Trinajstić information content (AvgIpc) is 3.67. The monoisotopic (exact) mass is 562 g/mol. The van der Waals surface area contributed by atoms with Crippen molar-refractivity contribution >= 4 is 43.7 Å². The average molecular weight is 563 g/mol. The van der Waals surface area contributed by atoms with Crippen LogP contribution < -0.4 is 0 Å². The molecule has 0 aliphatic heterocycles. The van der Waals surface area contributed by atoms with Crippen LogP contribution >= 0.6 is 0 Å². The zero-order chi connectivity index (χ0) is 29.0. The Balaban J connectivity index is 1.02. The maximum Gasteiger partial charge on any atom is 0.227 e. The quantitative estimate of drug-likeness (QED) is 0.214. The molecule has 2 heterocycles. The van der Waals surface area contributed by atoms with Crippen molar-refractivity contribution in [1.29, 1.82) is 0 Å². The smallest absolute Gasteiger partial charge is 0.227 e. The topological polar surface area (TPSA) is 31.0 Å². The largest absolute Gasteiger partial charge is 0.436 e. The molecule has 44 heavy (non-hydrogen) atoms. The molecule has 0 bridgehead atoms. The fourth-order valence-corrected chi connectivity index (χ4v) is 6.50. The number of fused-ring (bicyclic) bond motifs is 5. The maximum atomic E-state index is 6.29. The van der Waals surface area contributed by atoms with E-state index >= 15 is 0 Å². The number of benzene rings is 7. The lowest BCUT2D eigenvalue weighted by Crippen LogP contribution is -1.93. The lowest BCUT2D eigenvalue weighted by molar-refractivity contribution is 0.620. The molecule has 9 aromatic rings. The van der Waals surface area contributed by atoms with E-state index < -0.39 is 0 Å². The van der Waals surface area contributed by atoms with E-state index in [1.165, 1.54) is 43.7 Å². The zero-order valence-corrected chi connectivity index (χ0v) is 23.8. The summed E-state index contributed by atoms with van der Waals surface area (Å²) >= 11 is 0. The molecule has 0 radical (unpaired) electrons. The summed E-state index contributed by atoms with van der Waals surface area (Å²) in [6.07, 6.45) is 0. The second-order valence-corrected chi connectivity index (χ2v) is 11.2. The lowest BCUT2D eigenvalue weighted by Gasteiger charge is -2.09. The Kier molecular flexibility index (Phi) is 5.50. The van der Waals surface area contributed by atoms with Crippen molar-refractivity contribution in [3.8, 4) is 39.4 Å². The number of rotatable bonds is 4. The summed E-state index contributed by atoms with van der Waals surface area (Å²) in [4.78, 5) is 4.80. The second-order valence-electron chi connectivity index (χ2n) is 11.2. The van der Waals surface area contributed by atoms with E-state index in [4.69, 9.17) is 9.40 Å². The van der Waals surface area contributed by atoms with Crippen LogP contribution in [0.2, 0.25) is 0 Å². The molecule has 0 saturated heterocycles. The molecule has 0 atom stereocenters. The molecule has 0 unspecified atom stereocenters. The summed E-state index contributed by atoms with van der Waals surface area (Å²) in [5, 5.41) is 5.00. The number of aromatic nitrogens is 2. The van der Waals surface area contributed by atoms with Gasteiger partial charge in [-0.25, -0.2) is 4.98 Å². The van der Waals surface area contributed by atoms with Gasteiger partial charge >= 0.3 is 0 Å². The summed E-state index contributed by atoms with van der Waals surface area (Å²) in [6.45, 7) is 0. The number of para-hydroxylation sites is 2. The zero-order valence-electron chi connectivity index (χ0n) is 23.8. The third-order valence-corrected chi connectivity index (χ3v) is 8.66. The van der Waals surface area contributed by atoms with E-state index in [9.17, 15) is 0 Å². The Morgan fingerprint density at radius 2 is 1.02 bits per heavy atom. The second kappa shape index (κ2) is 9.82. The molecule has 0 aliphatic rings. The van der Waals surface area contributed by atoms with Crippen molar-refractivity contribution < 1.29 is 4.42 Å². The van der Waals surface area contributed by atoms with Gasteiger partial charge in [-0.3, -0.25) is 0 Å². The molecular formula is C41H26N2O. The number of hydrogen-bond acceptors (Lipinski definition) is 2. The molecule has 7 aromatic carbocycles. The van der Waals surface area contributed by atoms with Gasteiger partial charge in [0.2, 0.25) is 5.89 Å². The van der Waals surface area contributed by atoms with Crippen LogP contribution in [0.3, 0.4) is 0 Å². The summed E-state index contributed by atoms with van der Waals surface area (Å²) in [6, 6.07) is 55.6. The van der Waals surface area contributed by atoms with Crippen LogP contribution in [0.25, 0.3) is 83.1 Å². The maximum absolute atomic E-state index is 6.29. The standard InChI is InChI=1S/C41H26N2O/c1-2-10-33-29(8-1)9-7-13-34(33)31-22-25-37-40(26-31)44-41(42-37)30-18-16-27(17-19-30)28-20-23-32(24-21-28)43-38-14-5-3-11-35(38)36-12-4-6-15-39(36)43/h1-26H. The van der Waals surface area contributed by atoms with E-state index in [1.54, 1.807) is 0 Å². The third-order valence-electron chi connectivity index (χ3n) is 8.66. The Bertz CT molecular complexity index is 2420. The van der Waals surface area contributed by atoms with Crippen molar-refractivity contribution in [3.63, 3.8) is 0 Å². The van der Waals surface area contributed by atoms with Crippen LogP contribution in [0.4, 0.5) is 0 Å². The molecule has 2 aromatic heterocycles. The number of nitrogens with zero attached hydrogens (tertiary/aromatic N) is 2. The Labute approximate surface area is 254 Å². The predicted octanol–water partition coefficient (Wildman–Crippen LogP) is 11.1. The first kappa shape index (κ1) is 24.6. The highest BCUT2D eigenvalue weighted by Crippen LogP contribution is 2.35. The first-order valence-electron chi connectivity index (χ1n) is 14.9. The molecule has 0 saturated carbocycles. The van der Waals surface area contributed by atoms with Crippen LogP contribution in [-0.4, -0.2) is 9.55 Å². The van der Waals surface area contributed by atoms with Gasteiger partial charge in [-0.1, -0.05) is 109 Å². The highest BCUT2D eigenvalue weighted by atomic mass is 16.3. The Hall–Kier alpha value is -5.93. The first-order chi connectivity index (χ1) is 21.8. The van der Waals surface area contributed by atoms with Gasteiger partial charge in [-0.05, 0) is 81.6 Å². The van der Waals surface area contributed by atoms with Crippen LogP contribution in [0.15, 0.2) is 162 Å². The van der Waals surface area contributed by atoms with E-state index in [0.29, 0.717) is 5.89 Å². The molecule has 3 nitrogen and oxygen atoms in total. The Morgan fingerprint density at radius 3 is 1.75 bits per heavy atom. The Morgan fingerprint density at radius 1 is 0.455 bits per heavy atom. The van der Waals surface area contributed by atoms with Crippen LogP contribution in [-0.2, 0) is 0 Å². The van der Waals surface area contributed by atoms with Crippen molar-refractivity contribution in [2.24, 2.45) is 0 Å². The molecule has 3 heteroatoms. The van der Waals surface area contributed by atoms with Crippen LogP contribution in [0, 0.1) is 0 Å². The van der Waals surface area contributed by atoms with Crippen LogP contribution in [0.1, 0.15) is 0 Å². The van der Waals surface area contributed by atoms with E-state index in [-0.39, 0.29) is 0 Å². The summed E-state index contributed by atoms with van der Waals surface area (Å²) < 4.78 is 8.63. The van der Waals surface area contributed by atoms with Gasteiger partial charge in [-0.15, -0.1) is 0 Å². The summed E-state index contributed by atoms with van der Waals surface area (Å²) in [5.41, 5.74) is 10.8. The van der Waals surface area contributed by atoms with E-state index in [1.807, 2.05) is 6.07 Å². The van der Waals surface area contributed by atoms with Crippen LogP contribution in [0.5, 0.6) is 0 Å². The predicted molar refractivity (Wildman–Crippen MR) is 182 cm³/mol. The molecule has 0 spiro atoms. The molecule has 0 amide bonds. The van der Waals surface area contributed by atoms with Crippen molar-refractivity contribution in [1.82, 2.24) is 9.55 Å². The highest BCUT2D eigenvalue weighted by molar-refractivity contribution is 6.09. The minimum Gasteiger partial charge on any atom is -0.436 e. The molecular weight excluding hydrogens is 536 g/mol. The molecule has 0 N–H and O–H groups in total. The van der Waals surface area contributed by atoms with Gasteiger partial charge in [0.05, 0.1) is 11.0 Å². The lowest BCUT2D eigenvalue weighted by atomic mass is 9.98. The fraction of sp³-hybridized carbons (Fsp3) is 0. The van der Waals surface area contributed by atoms with Gasteiger partial charge in [-0.2, -0.15) is 0 Å². The SMILES string of the molecule is c1ccc2c(-c3ccc4nc(-c5ccc(-c6ccc(-n7c8ccccc8c8ccccc87)cc6)cc5)oc4c3)cccc2c1. The van der Waals surface area contributed by atoms with Gasteiger partial charge in [0.25, 0.3) is 0 Å². The molecule has 9 rings (SSSR count). The van der Waals surface area contributed by atoms with Crippen molar-refractivity contribution in [2.75, 3.05) is 0 Å². The number of hydrogen-bond donors (Lipinski definition) is 0. The highest BCUT2D eigenvalue weighted by Gasteiger charge is 2.13. The van der Waals surface area contributed by atoms with Gasteiger partial charge in [0, 0.05) is 22.0 Å². The van der Waals surface area contributed by atoms with E-state index in [2.05, 4.69) is 156 Å². The van der Waals surface area contributed by atoms with Gasteiger partial charge in [0.1, 0.15) is 5.52 Å². The summed E-state index contributed by atoms with van der Waals surface area (Å²) in [5.74, 6) is 0.628. The number of oxazole rings is 1. The minimum absolute atomic E-state index is 0.628.